The van der Waals surface area contributed by atoms with Crippen molar-refractivity contribution in [3.8, 4) is 0 Å². The van der Waals surface area contributed by atoms with Crippen molar-refractivity contribution in [3.63, 3.8) is 0 Å². The fourth-order valence-electron chi connectivity index (χ4n) is 3.77. The molecule has 1 fully saturated rings. The van der Waals surface area contributed by atoms with Crippen molar-refractivity contribution >= 4 is 17.9 Å². The van der Waals surface area contributed by atoms with Crippen molar-refractivity contribution in [1.29, 1.82) is 0 Å². The Hall–Kier alpha value is -1.59. The van der Waals surface area contributed by atoms with Gasteiger partial charge in [-0.2, -0.15) is 0 Å². The van der Waals surface area contributed by atoms with Crippen molar-refractivity contribution in [2.75, 3.05) is 0 Å². The molecule has 0 heterocycles. The highest BCUT2D eigenvalue weighted by Crippen LogP contribution is 2.30. The zero-order chi connectivity index (χ0) is 17.9. The minimum absolute atomic E-state index is 0.00881. The summed E-state index contributed by atoms with van der Waals surface area (Å²) in [5.41, 5.74) is 0. The molecular weight excluding hydrogens is 312 g/mol. The van der Waals surface area contributed by atoms with Crippen LogP contribution in [-0.4, -0.2) is 33.2 Å². The molecule has 0 radical (unpaired) electrons. The van der Waals surface area contributed by atoms with Gasteiger partial charge in [0.2, 0.25) is 0 Å². The first kappa shape index (κ1) is 20.5. The number of aliphatic carboxylic acids is 3. The number of carboxylic acids is 3. The Balaban J connectivity index is 2.68. The Morgan fingerprint density at radius 3 is 1.12 bits per heavy atom. The molecule has 6 nitrogen and oxygen atoms in total. The van der Waals surface area contributed by atoms with Crippen LogP contribution in [0.4, 0.5) is 0 Å². The van der Waals surface area contributed by atoms with Crippen LogP contribution in [0.1, 0.15) is 77.0 Å². The van der Waals surface area contributed by atoms with E-state index in [0.717, 1.165) is 44.9 Å². The highest BCUT2D eigenvalue weighted by Gasteiger charge is 2.22. The molecule has 0 aliphatic heterocycles. The molecule has 1 aliphatic carbocycles. The highest BCUT2D eigenvalue weighted by molar-refractivity contribution is 5.67. The highest BCUT2D eigenvalue weighted by atomic mass is 16.4. The van der Waals surface area contributed by atoms with Crippen LogP contribution in [0.5, 0.6) is 0 Å². The van der Waals surface area contributed by atoms with Crippen LogP contribution in [0.3, 0.4) is 0 Å². The van der Waals surface area contributed by atoms with Crippen LogP contribution in [0.2, 0.25) is 0 Å². The molecule has 0 aromatic heterocycles. The van der Waals surface area contributed by atoms with Crippen LogP contribution >= 0.6 is 0 Å². The van der Waals surface area contributed by atoms with E-state index < -0.39 is 17.9 Å². The summed E-state index contributed by atoms with van der Waals surface area (Å²) in [6.45, 7) is 0. The van der Waals surface area contributed by atoms with E-state index in [2.05, 4.69) is 0 Å². The molecule has 1 rings (SSSR count). The summed E-state index contributed by atoms with van der Waals surface area (Å²) >= 11 is 0. The second-order valence-corrected chi connectivity index (χ2v) is 7.18. The molecule has 6 heteroatoms. The van der Waals surface area contributed by atoms with E-state index in [1.807, 2.05) is 0 Å². The monoisotopic (exact) mass is 342 g/mol. The lowest BCUT2D eigenvalue weighted by Gasteiger charge is -2.23. The van der Waals surface area contributed by atoms with Gasteiger partial charge in [-0.05, 0) is 56.3 Å². The largest absolute Gasteiger partial charge is 0.481 e. The first-order chi connectivity index (χ1) is 11.4. The van der Waals surface area contributed by atoms with Crippen molar-refractivity contribution in [2.24, 2.45) is 17.8 Å². The number of hydrogen-bond donors (Lipinski definition) is 3. The summed E-state index contributed by atoms with van der Waals surface area (Å²) in [7, 11) is 0. The minimum Gasteiger partial charge on any atom is -0.481 e. The van der Waals surface area contributed by atoms with E-state index in [4.69, 9.17) is 15.3 Å². The summed E-state index contributed by atoms with van der Waals surface area (Å²) in [5.74, 6) is -2.17. The summed E-state index contributed by atoms with van der Waals surface area (Å²) in [4.78, 5) is 33.1. The lowest BCUT2D eigenvalue weighted by molar-refractivity contribution is -0.140. The third kappa shape index (κ3) is 9.53. The summed E-state index contributed by atoms with van der Waals surface area (Å²) in [6, 6.07) is 0. The van der Waals surface area contributed by atoms with Gasteiger partial charge in [-0.15, -0.1) is 0 Å². The standard InChI is InChI=1S/C18H30O6/c19-16(20)10-13-4-2-1-3-5-14(11-17(21)22)7-9-15(8-6-13)12-18(23)24/h13-15H,1-12H2,(H,19,20)(H,21,22)(H,23,24). The van der Waals surface area contributed by atoms with Crippen LogP contribution in [-0.2, 0) is 14.4 Å². The number of hydrogen-bond acceptors (Lipinski definition) is 3. The molecule has 3 N–H and O–H groups in total. The molecule has 0 amide bonds. The van der Waals surface area contributed by atoms with E-state index in [1.54, 1.807) is 0 Å². The predicted molar refractivity (Wildman–Crippen MR) is 88.8 cm³/mol. The molecule has 0 aromatic rings. The molecule has 0 aromatic carbocycles. The van der Waals surface area contributed by atoms with Gasteiger partial charge < -0.3 is 15.3 Å². The average molecular weight is 342 g/mol. The molecule has 0 bridgehead atoms. The van der Waals surface area contributed by atoms with E-state index in [1.165, 1.54) is 0 Å². The SMILES string of the molecule is O=C(O)CC1CCCCCC(CC(=O)O)CCC(CC(=O)O)CC1. The maximum atomic E-state index is 11.1. The van der Waals surface area contributed by atoms with Gasteiger partial charge in [0, 0.05) is 19.3 Å². The minimum atomic E-state index is -0.836. The summed E-state index contributed by atoms with van der Waals surface area (Å²) in [5, 5.41) is 27.2. The normalized spacial score (nSPS) is 26.8. The molecule has 0 saturated heterocycles. The number of carbonyl (C=O) groups is 3. The van der Waals surface area contributed by atoms with Gasteiger partial charge in [-0.25, -0.2) is 0 Å². The van der Waals surface area contributed by atoms with E-state index in [0.29, 0.717) is 12.8 Å². The van der Waals surface area contributed by atoms with Gasteiger partial charge in [0.05, 0.1) is 0 Å². The number of carboxylic acid groups (broad SMARTS) is 3. The molecule has 1 aliphatic rings. The Morgan fingerprint density at radius 1 is 0.542 bits per heavy atom. The van der Waals surface area contributed by atoms with Crippen LogP contribution in [0, 0.1) is 17.8 Å². The molecule has 2 unspecified atom stereocenters. The molecular formula is C18H30O6. The maximum Gasteiger partial charge on any atom is 0.303 e. The first-order valence-corrected chi connectivity index (χ1v) is 9.02. The topological polar surface area (TPSA) is 112 Å². The summed E-state index contributed by atoms with van der Waals surface area (Å²) < 4.78 is 0. The molecule has 138 valence electrons. The van der Waals surface area contributed by atoms with E-state index in [-0.39, 0.29) is 37.0 Å². The smallest absolute Gasteiger partial charge is 0.303 e. The Morgan fingerprint density at radius 2 is 0.833 bits per heavy atom. The van der Waals surface area contributed by atoms with Gasteiger partial charge in [-0.1, -0.05) is 19.3 Å². The maximum absolute atomic E-state index is 11.1. The van der Waals surface area contributed by atoms with Crippen molar-refractivity contribution in [3.05, 3.63) is 0 Å². The van der Waals surface area contributed by atoms with E-state index in [9.17, 15) is 14.4 Å². The van der Waals surface area contributed by atoms with Crippen molar-refractivity contribution in [2.45, 2.75) is 77.0 Å². The molecule has 1 saturated carbocycles. The fraction of sp³-hybridized carbons (Fsp3) is 0.833. The average Bonchev–Trinajstić information content (AvgIpc) is 2.45. The zero-order valence-electron chi connectivity index (χ0n) is 14.3. The molecule has 2 atom stereocenters. The van der Waals surface area contributed by atoms with Crippen molar-refractivity contribution < 1.29 is 29.7 Å². The van der Waals surface area contributed by atoms with Gasteiger partial charge in [0.25, 0.3) is 0 Å². The molecule has 0 spiro atoms. The Kier molecular flexibility index (Phi) is 9.42. The van der Waals surface area contributed by atoms with Crippen molar-refractivity contribution in [1.82, 2.24) is 0 Å². The van der Waals surface area contributed by atoms with Crippen LogP contribution in [0.25, 0.3) is 0 Å². The van der Waals surface area contributed by atoms with E-state index >= 15 is 0 Å². The third-order valence-corrected chi connectivity index (χ3v) is 5.08. The van der Waals surface area contributed by atoms with Gasteiger partial charge >= 0.3 is 17.9 Å². The van der Waals surface area contributed by atoms with Gasteiger partial charge in [0.15, 0.2) is 0 Å². The lowest BCUT2D eigenvalue weighted by atomic mass is 9.82. The zero-order valence-corrected chi connectivity index (χ0v) is 14.3. The third-order valence-electron chi connectivity index (χ3n) is 5.08. The van der Waals surface area contributed by atoms with Gasteiger partial charge in [0.1, 0.15) is 0 Å². The Bertz CT molecular complexity index is 390. The first-order valence-electron chi connectivity index (χ1n) is 9.02. The lowest BCUT2D eigenvalue weighted by Crippen LogP contribution is -2.16. The fourth-order valence-corrected chi connectivity index (χ4v) is 3.77. The van der Waals surface area contributed by atoms with Gasteiger partial charge in [-0.3, -0.25) is 14.4 Å². The van der Waals surface area contributed by atoms with Crippen LogP contribution in [0.15, 0.2) is 0 Å². The number of rotatable bonds is 6. The Labute approximate surface area is 143 Å². The van der Waals surface area contributed by atoms with Crippen LogP contribution < -0.4 is 0 Å². The quantitative estimate of drug-likeness (QED) is 0.677. The summed E-state index contributed by atoms with van der Waals surface area (Å²) in [6.07, 6.45) is 7.94. The second kappa shape index (κ2) is 11.0. The second-order valence-electron chi connectivity index (χ2n) is 7.18. The predicted octanol–water partition coefficient (Wildman–Crippen LogP) is 3.78. The molecule has 24 heavy (non-hydrogen) atoms.